The summed E-state index contributed by atoms with van der Waals surface area (Å²) in [6, 6.07) is 7.88. The van der Waals surface area contributed by atoms with Gasteiger partial charge in [-0.05, 0) is 42.5 Å². The van der Waals surface area contributed by atoms with Gasteiger partial charge in [0.2, 0.25) is 5.95 Å². The molecule has 4 N–H and O–H groups in total. The van der Waals surface area contributed by atoms with Gasteiger partial charge in [-0.2, -0.15) is 10.4 Å². The summed E-state index contributed by atoms with van der Waals surface area (Å²) >= 11 is 0. The monoisotopic (exact) mass is 461 g/mol. The maximum Gasteiger partial charge on any atom is 0.227 e. The predicted octanol–water partition coefficient (Wildman–Crippen LogP) is 3.21. The number of nitrogens with zero attached hydrogens (tertiary/aromatic N) is 5. The van der Waals surface area contributed by atoms with Crippen molar-refractivity contribution in [3.05, 3.63) is 47.4 Å². The van der Waals surface area contributed by atoms with E-state index in [1.54, 1.807) is 12.4 Å². The Morgan fingerprint density at radius 1 is 1.32 bits per heavy atom. The number of rotatable bonds is 9. The van der Waals surface area contributed by atoms with Gasteiger partial charge in [0.1, 0.15) is 6.07 Å². The summed E-state index contributed by atoms with van der Waals surface area (Å²) in [6.07, 6.45) is 5.24. The molecule has 3 aromatic rings. The maximum absolute atomic E-state index is 9.97. The van der Waals surface area contributed by atoms with Gasteiger partial charge in [-0.15, -0.1) is 0 Å². The lowest BCUT2D eigenvalue weighted by Crippen LogP contribution is -2.28. The van der Waals surface area contributed by atoms with Crippen LogP contribution in [0.4, 0.5) is 17.3 Å². The number of nitrogens with one attached hydrogen (secondary N) is 2. The lowest BCUT2D eigenvalue weighted by molar-refractivity contribution is 0.219. The predicted molar refractivity (Wildman–Crippen MR) is 131 cm³/mol. The van der Waals surface area contributed by atoms with Crippen molar-refractivity contribution in [1.29, 1.82) is 5.26 Å². The molecule has 0 fully saturated rings. The third-order valence-corrected chi connectivity index (χ3v) is 6.33. The number of hydrogen-bond acceptors (Lipinski definition) is 8. The standard InChI is InChI=1S/C25H31N7O2/c1-16(2)4-5-22-21(13-29-32(22)8-9-33)31-24-27-7-6-20(30-24)17-10-18(12-26)23-19(11-17)25(3,15-34)14-28-23/h6-7,10-11,13,16,28,33-34H,4-5,8-9,14-15H2,1-3H3,(H,27,30,31). The summed E-state index contributed by atoms with van der Waals surface area (Å²) in [5, 5.41) is 40.0. The van der Waals surface area contributed by atoms with Crippen LogP contribution in [0.2, 0.25) is 0 Å². The first-order valence-electron chi connectivity index (χ1n) is 11.6. The zero-order valence-electron chi connectivity index (χ0n) is 19.8. The number of anilines is 3. The largest absolute Gasteiger partial charge is 0.395 e. The molecule has 1 unspecified atom stereocenters. The summed E-state index contributed by atoms with van der Waals surface area (Å²) in [6.45, 7) is 7.33. The Balaban J connectivity index is 1.67. The van der Waals surface area contributed by atoms with Crippen molar-refractivity contribution in [2.75, 3.05) is 30.4 Å². The van der Waals surface area contributed by atoms with Gasteiger partial charge in [0.15, 0.2) is 0 Å². The van der Waals surface area contributed by atoms with E-state index in [0.29, 0.717) is 36.2 Å². The van der Waals surface area contributed by atoms with Crippen molar-refractivity contribution in [3.63, 3.8) is 0 Å². The fourth-order valence-electron chi connectivity index (χ4n) is 4.26. The quantitative estimate of drug-likeness (QED) is 0.382. The van der Waals surface area contributed by atoms with Crippen LogP contribution in [0, 0.1) is 17.2 Å². The van der Waals surface area contributed by atoms with E-state index in [2.05, 4.69) is 40.6 Å². The third-order valence-electron chi connectivity index (χ3n) is 6.33. The van der Waals surface area contributed by atoms with Crippen LogP contribution < -0.4 is 10.6 Å². The Labute approximate surface area is 199 Å². The van der Waals surface area contributed by atoms with E-state index < -0.39 is 5.41 Å². The minimum atomic E-state index is -0.461. The summed E-state index contributed by atoms with van der Waals surface area (Å²) in [5.41, 5.74) is 5.05. The summed E-state index contributed by atoms with van der Waals surface area (Å²) in [5.74, 6) is 0.965. The average molecular weight is 462 g/mol. The van der Waals surface area contributed by atoms with E-state index in [-0.39, 0.29) is 13.2 Å². The van der Waals surface area contributed by atoms with Crippen molar-refractivity contribution in [1.82, 2.24) is 19.7 Å². The average Bonchev–Trinajstić information content (AvgIpc) is 3.38. The molecule has 1 aromatic carbocycles. The second-order valence-electron chi connectivity index (χ2n) is 9.41. The number of fused-ring (bicyclic) bond motifs is 1. The van der Waals surface area contributed by atoms with Crippen LogP contribution in [0.15, 0.2) is 30.6 Å². The van der Waals surface area contributed by atoms with Crippen molar-refractivity contribution >= 4 is 17.3 Å². The van der Waals surface area contributed by atoms with Gasteiger partial charge >= 0.3 is 0 Å². The van der Waals surface area contributed by atoms with Gasteiger partial charge in [-0.25, -0.2) is 9.97 Å². The lowest BCUT2D eigenvalue weighted by Gasteiger charge is -2.21. The number of aromatic nitrogens is 4. The van der Waals surface area contributed by atoms with Gasteiger partial charge in [0, 0.05) is 23.7 Å². The van der Waals surface area contributed by atoms with Gasteiger partial charge in [-0.3, -0.25) is 4.68 Å². The molecule has 1 atom stereocenters. The SMILES string of the molecule is CC(C)CCc1c(Nc2nccc(-c3cc(C#N)c4c(c3)C(C)(CO)CN4)n2)cnn1CCO. The lowest BCUT2D eigenvalue weighted by atomic mass is 9.83. The van der Waals surface area contributed by atoms with Crippen molar-refractivity contribution in [2.45, 2.75) is 45.6 Å². The van der Waals surface area contributed by atoms with Gasteiger partial charge in [0.25, 0.3) is 0 Å². The van der Waals surface area contributed by atoms with E-state index in [1.165, 1.54) is 0 Å². The number of hydrogen-bond donors (Lipinski definition) is 4. The first-order valence-corrected chi connectivity index (χ1v) is 11.6. The minimum Gasteiger partial charge on any atom is -0.395 e. The molecule has 0 aliphatic carbocycles. The molecule has 0 saturated heterocycles. The van der Waals surface area contributed by atoms with E-state index >= 15 is 0 Å². The number of aliphatic hydroxyl groups is 2. The minimum absolute atomic E-state index is 0.0168. The first-order chi connectivity index (χ1) is 16.4. The molecule has 0 radical (unpaired) electrons. The Morgan fingerprint density at radius 2 is 2.15 bits per heavy atom. The molecule has 9 heteroatoms. The molecule has 0 saturated carbocycles. The second-order valence-corrected chi connectivity index (χ2v) is 9.41. The van der Waals surface area contributed by atoms with Crippen LogP contribution in [-0.4, -0.2) is 49.7 Å². The molecule has 1 aliphatic rings. The topological polar surface area (TPSA) is 132 Å². The van der Waals surface area contributed by atoms with E-state index in [1.807, 2.05) is 29.8 Å². The molecular formula is C25H31N7O2. The smallest absolute Gasteiger partial charge is 0.227 e. The van der Waals surface area contributed by atoms with Crippen molar-refractivity contribution in [2.24, 2.45) is 5.92 Å². The molecular weight excluding hydrogens is 430 g/mol. The molecule has 0 spiro atoms. The first kappa shape index (κ1) is 23.7. The highest BCUT2D eigenvalue weighted by molar-refractivity contribution is 5.76. The Kier molecular flexibility index (Phi) is 6.82. The van der Waals surface area contributed by atoms with Crippen LogP contribution in [0.1, 0.15) is 44.0 Å². The highest BCUT2D eigenvalue weighted by Crippen LogP contribution is 2.41. The fraction of sp³-hybridized carbons (Fsp3) is 0.440. The number of aliphatic hydroxyl groups excluding tert-OH is 2. The normalized spacial score (nSPS) is 16.9. The van der Waals surface area contributed by atoms with E-state index in [9.17, 15) is 15.5 Å². The molecule has 178 valence electrons. The molecule has 34 heavy (non-hydrogen) atoms. The Morgan fingerprint density at radius 3 is 2.85 bits per heavy atom. The Bertz CT molecular complexity index is 1210. The van der Waals surface area contributed by atoms with Gasteiger partial charge in [-0.1, -0.05) is 20.8 Å². The molecule has 0 amide bonds. The van der Waals surface area contributed by atoms with Gasteiger partial charge < -0.3 is 20.8 Å². The highest BCUT2D eigenvalue weighted by atomic mass is 16.3. The van der Waals surface area contributed by atoms with Crippen LogP contribution in [0.25, 0.3) is 11.3 Å². The molecule has 0 bridgehead atoms. The van der Waals surface area contributed by atoms with E-state index in [0.717, 1.165) is 41.0 Å². The fourth-order valence-corrected chi connectivity index (χ4v) is 4.26. The molecule has 2 aromatic heterocycles. The summed E-state index contributed by atoms with van der Waals surface area (Å²) in [4.78, 5) is 9.09. The van der Waals surface area contributed by atoms with Crippen LogP contribution >= 0.6 is 0 Å². The number of benzene rings is 1. The zero-order chi connectivity index (χ0) is 24.3. The Hall–Kier alpha value is -3.48. The number of nitriles is 1. The highest BCUT2D eigenvalue weighted by Gasteiger charge is 2.36. The van der Waals surface area contributed by atoms with Crippen LogP contribution in [-0.2, 0) is 18.4 Å². The van der Waals surface area contributed by atoms with Gasteiger partial charge in [0.05, 0.1) is 54.3 Å². The molecule has 9 nitrogen and oxygen atoms in total. The summed E-state index contributed by atoms with van der Waals surface area (Å²) in [7, 11) is 0. The maximum atomic E-state index is 9.97. The molecule has 1 aliphatic heterocycles. The second kappa shape index (κ2) is 9.79. The molecule has 3 heterocycles. The van der Waals surface area contributed by atoms with Crippen LogP contribution in [0.3, 0.4) is 0 Å². The third kappa shape index (κ3) is 4.60. The summed E-state index contributed by atoms with van der Waals surface area (Å²) < 4.78 is 1.82. The van der Waals surface area contributed by atoms with Crippen LogP contribution in [0.5, 0.6) is 0 Å². The molecule has 4 rings (SSSR count). The zero-order valence-corrected chi connectivity index (χ0v) is 19.8. The van der Waals surface area contributed by atoms with Crippen molar-refractivity contribution < 1.29 is 10.2 Å². The van der Waals surface area contributed by atoms with Crippen molar-refractivity contribution in [3.8, 4) is 17.3 Å². The van der Waals surface area contributed by atoms with E-state index in [4.69, 9.17) is 4.98 Å².